The Morgan fingerprint density at radius 2 is 1.96 bits per heavy atom. The third kappa shape index (κ3) is 6.27. The van der Waals surface area contributed by atoms with Gasteiger partial charge in [-0.3, -0.25) is 14.9 Å². The van der Waals surface area contributed by atoms with Crippen molar-refractivity contribution < 1.29 is 14.0 Å². The van der Waals surface area contributed by atoms with Crippen LogP contribution in [-0.2, 0) is 11.2 Å². The minimum absolute atomic E-state index is 0.0151. The predicted octanol–water partition coefficient (Wildman–Crippen LogP) is 4.47. The van der Waals surface area contributed by atoms with E-state index in [1.165, 1.54) is 54.0 Å². The summed E-state index contributed by atoms with van der Waals surface area (Å²) in [4.78, 5) is 28.5. The Morgan fingerprint density at radius 3 is 2.71 bits per heavy atom. The van der Waals surface area contributed by atoms with Crippen molar-refractivity contribution in [3.63, 3.8) is 0 Å². The van der Waals surface area contributed by atoms with E-state index >= 15 is 0 Å². The zero-order chi connectivity index (χ0) is 19.8. The zero-order valence-electron chi connectivity index (χ0n) is 15.7. The Balaban J connectivity index is 1.39. The fraction of sp³-hybridized carbons (Fsp3) is 0.381. The van der Waals surface area contributed by atoms with E-state index in [9.17, 15) is 14.0 Å². The SMILES string of the molecule is O=C(CCc1csc(NC(=O)c2ccc(F)cc2)n1)NCCC1=CCCCC1. The topological polar surface area (TPSA) is 71.1 Å². The molecule has 0 saturated heterocycles. The summed E-state index contributed by atoms with van der Waals surface area (Å²) in [7, 11) is 0. The Hall–Kier alpha value is -2.54. The second-order valence-corrected chi connectivity index (χ2v) is 7.67. The Kier molecular flexibility index (Phi) is 7.31. The van der Waals surface area contributed by atoms with Crippen molar-refractivity contribution in [1.29, 1.82) is 0 Å². The molecule has 0 unspecified atom stereocenters. The fourth-order valence-electron chi connectivity index (χ4n) is 3.07. The second-order valence-electron chi connectivity index (χ2n) is 6.81. The number of nitrogens with one attached hydrogen (secondary N) is 2. The Labute approximate surface area is 168 Å². The number of rotatable bonds is 8. The number of allylic oxidation sites excluding steroid dienone is 1. The summed E-state index contributed by atoms with van der Waals surface area (Å²) in [6, 6.07) is 5.33. The van der Waals surface area contributed by atoms with Crippen LogP contribution in [0.3, 0.4) is 0 Å². The van der Waals surface area contributed by atoms with Gasteiger partial charge in [-0.15, -0.1) is 11.3 Å². The molecule has 1 heterocycles. The van der Waals surface area contributed by atoms with Gasteiger partial charge in [-0.1, -0.05) is 11.6 Å². The molecular formula is C21H24FN3O2S. The maximum absolute atomic E-state index is 12.9. The number of benzene rings is 1. The van der Waals surface area contributed by atoms with Crippen LogP contribution >= 0.6 is 11.3 Å². The normalized spacial score (nSPS) is 13.7. The van der Waals surface area contributed by atoms with Gasteiger partial charge in [0, 0.05) is 23.9 Å². The molecule has 7 heteroatoms. The van der Waals surface area contributed by atoms with Crippen molar-refractivity contribution in [2.45, 2.75) is 44.9 Å². The molecule has 1 aliphatic rings. The fourth-order valence-corrected chi connectivity index (χ4v) is 3.81. The van der Waals surface area contributed by atoms with Crippen molar-refractivity contribution in [3.8, 4) is 0 Å². The molecule has 0 radical (unpaired) electrons. The number of aryl methyl sites for hydroxylation is 1. The zero-order valence-corrected chi connectivity index (χ0v) is 16.5. The molecule has 1 aromatic heterocycles. The van der Waals surface area contributed by atoms with Crippen LogP contribution < -0.4 is 10.6 Å². The summed E-state index contributed by atoms with van der Waals surface area (Å²) in [6.07, 6.45) is 8.97. The monoisotopic (exact) mass is 401 g/mol. The number of thiazole rings is 1. The first kappa shape index (κ1) is 20.2. The van der Waals surface area contributed by atoms with Crippen LogP contribution in [0.4, 0.5) is 9.52 Å². The lowest BCUT2D eigenvalue weighted by Gasteiger charge is -2.12. The van der Waals surface area contributed by atoms with Crippen molar-refractivity contribution in [2.24, 2.45) is 0 Å². The number of aromatic nitrogens is 1. The molecule has 2 N–H and O–H groups in total. The third-order valence-electron chi connectivity index (χ3n) is 4.64. The Bertz CT molecular complexity index is 846. The molecule has 5 nitrogen and oxygen atoms in total. The molecule has 28 heavy (non-hydrogen) atoms. The van der Waals surface area contributed by atoms with Crippen molar-refractivity contribution in [2.75, 3.05) is 11.9 Å². The number of amides is 2. The molecule has 0 bridgehead atoms. The van der Waals surface area contributed by atoms with Gasteiger partial charge in [-0.05, 0) is 62.8 Å². The average Bonchev–Trinajstić information content (AvgIpc) is 3.15. The van der Waals surface area contributed by atoms with Crippen LogP contribution in [0, 0.1) is 5.82 Å². The second kappa shape index (κ2) is 10.1. The summed E-state index contributed by atoms with van der Waals surface area (Å²) in [5.74, 6) is -0.709. The molecule has 0 saturated carbocycles. The van der Waals surface area contributed by atoms with E-state index in [1.54, 1.807) is 0 Å². The van der Waals surface area contributed by atoms with E-state index in [2.05, 4.69) is 21.7 Å². The summed E-state index contributed by atoms with van der Waals surface area (Å²) >= 11 is 1.31. The largest absolute Gasteiger partial charge is 0.356 e. The van der Waals surface area contributed by atoms with Crippen molar-refractivity contribution in [3.05, 3.63) is 58.4 Å². The molecular weight excluding hydrogens is 377 g/mol. The number of halogens is 1. The minimum Gasteiger partial charge on any atom is -0.356 e. The van der Waals surface area contributed by atoms with E-state index in [0.29, 0.717) is 30.1 Å². The molecule has 0 spiro atoms. The van der Waals surface area contributed by atoms with E-state index < -0.39 is 0 Å². The maximum Gasteiger partial charge on any atom is 0.257 e. The number of hydrogen-bond donors (Lipinski definition) is 2. The molecule has 2 aromatic rings. The van der Waals surface area contributed by atoms with Crippen molar-refractivity contribution in [1.82, 2.24) is 10.3 Å². The summed E-state index contributed by atoms with van der Waals surface area (Å²) in [5.41, 5.74) is 2.59. The molecule has 148 valence electrons. The summed E-state index contributed by atoms with van der Waals surface area (Å²) in [5, 5.41) is 7.96. The lowest BCUT2D eigenvalue weighted by molar-refractivity contribution is -0.121. The van der Waals surface area contributed by atoms with Gasteiger partial charge in [-0.25, -0.2) is 9.37 Å². The van der Waals surface area contributed by atoms with Gasteiger partial charge < -0.3 is 5.32 Å². The molecule has 3 rings (SSSR count). The average molecular weight is 402 g/mol. The van der Waals surface area contributed by atoms with Gasteiger partial charge in [0.1, 0.15) is 5.82 Å². The van der Waals surface area contributed by atoms with Crippen molar-refractivity contribution >= 4 is 28.3 Å². The first-order valence-electron chi connectivity index (χ1n) is 9.56. The van der Waals surface area contributed by atoms with Crippen LogP contribution in [0.2, 0.25) is 0 Å². The number of carbonyl (C=O) groups is 2. The molecule has 1 aliphatic carbocycles. The van der Waals surface area contributed by atoms with E-state index in [-0.39, 0.29) is 17.6 Å². The van der Waals surface area contributed by atoms with E-state index in [4.69, 9.17) is 0 Å². The van der Waals surface area contributed by atoms with E-state index in [1.807, 2.05) is 5.38 Å². The maximum atomic E-state index is 12.9. The first-order valence-corrected chi connectivity index (χ1v) is 10.4. The molecule has 1 aromatic carbocycles. The quantitative estimate of drug-likeness (QED) is 0.641. The minimum atomic E-state index is -0.387. The molecule has 0 atom stereocenters. The summed E-state index contributed by atoms with van der Waals surface area (Å²) < 4.78 is 12.9. The van der Waals surface area contributed by atoms with E-state index in [0.717, 1.165) is 25.0 Å². The summed E-state index contributed by atoms with van der Waals surface area (Å²) in [6.45, 7) is 0.681. The third-order valence-corrected chi connectivity index (χ3v) is 5.45. The highest BCUT2D eigenvalue weighted by atomic mass is 32.1. The lowest BCUT2D eigenvalue weighted by Crippen LogP contribution is -2.25. The Morgan fingerprint density at radius 1 is 1.14 bits per heavy atom. The number of nitrogens with zero attached hydrogens (tertiary/aromatic N) is 1. The molecule has 2 amide bonds. The van der Waals surface area contributed by atoms with Gasteiger partial charge in [-0.2, -0.15) is 0 Å². The standard InChI is InChI=1S/C21H24FN3O2S/c22-17-8-6-16(7-9-17)20(27)25-21-24-18(14-28-21)10-11-19(26)23-13-12-15-4-2-1-3-5-15/h4,6-9,14H,1-3,5,10-13H2,(H,23,26)(H,24,25,27). The number of hydrogen-bond acceptors (Lipinski definition) is 4. The van der Waals surface area contributed by atoms with Gasteiger partial charge in [0.15, 0.2) is 5.13 Å². The highest BCUT2D eigenvalue weighted by molar-refractivity contribution is 7.14. The van der Waals surface area contributed by atoms with Crippen LogP contribution in [0.5, 0.6) is 0 Å². The van der Waals surface area contributed by atoms with Crippen LogP contribution in [0.15, 0.2) is 41.3 Å². The van der Waals surface area contributed by atoms with Gasteiger partial charge in [0.2, 0.25) is 5.91 Å². The highest BCUT2D eigenvalue weighted by Gasteiger charge is 2.11. The molecule has 0 fully saturated rings. The predicted molar refractivity (Wildman–Crippen MR) is 109 cm³/mol. The van der Waals surface area contributed by atoms with Gasteiger partial charge >= 0.3 is 0 Å². The lowest BCUT2D eigenvalue weighted by atomic mass is 9.97. The van der Waals surface area contributed by atoms with Gasteiger partial charge in [0.25, 0.3) is 5.91 Å². The van der Waals surface area contributed by atoms with Gasteiger partial charge in [0.05, 0.1) is 5.69 Å². The van der Waals surface area contributed by atoms with Crippen LogP contribution in [0.1, 0.15) is 54.6 Å². The number of anilines is 1. The molecule has 0 aliphatic heterocycles. The van der Waals surface area contributed by atoms with Crippen LogP contribution in [0.25, 0.3) is 0 Å². The highest BCUT2D eigenvalue weighted by Crippen LogP contribution is 2.20. The first-order chi connectivity index (χ1) is 13.6. The van der Waals surface area contributed by atoms with Crippen LogP contribution in [-0.4, -0.2) is 23.3 Å². The number of carbonyl (C=O) groups excluding carboxylic acids is 2. The smallest absolute Gasteiger partial charge is 0.257 e.